The summed E-state index contributed by atoms with van der Waals surface area (Å²) in [6, 6.07) is 0.467. The van der Waals surface area contributed by atoms with Crippen LogP contribution in [0.25, 0.3) is 0 Å². The van der Waals surface area contributed by atoms with Crippen molar-refractivity contribution in [2.45, 2.75) is 52.6 Å². The average molecular weight is 212 g/mol. The lowest BCUT2D eigenvalue weighted by Crippen LogP contribution is -2.58. The summed E-state index contributed by atoms with van der Waals surface area (Å²) in [5, 5.41) is 6.45. The highest BCUT2D eigenvalue weighted by Gasteiger charge is 2.28. The first kappa shape index (κ1) is 12.5. The topological polar surface area (TPSA) is 41.1 Å². The molecule has 3 heteroatoms. The van der Waals surface area contributed by atoms with Crippen molar-refractivity contribution >= 4 is 5.91 Å². The molecule has 0 bridgehead atoms. The molecule has 2 N–H and O–H groups in total. The number of rotatable bonds is 4. The van der Waals surface area contributed by atoms with Crippen LogP contribution in [0.2, 0.25) is 0 Å². The van der Waals surface area contributed by atoms with E-state index in [-0.39, 0.29) is 11.9 Å². The summed E-state index contributed by atoms with van der Waals surface area (Å²) >= 11 is 0. The number of piperazine rings is 1. The molecule has 1 aliphatic rings. The van der Waals surface area contributed by atoms with E-state index in [1.165, 1.54) is 0 Å². The molecule has 1 unspecified atom stereocenters. The maximum absolute atomic E-state index is 11.6. The minimum absolute atomic E-state index is 0.0162. The van der Waals surface area contributed by atoms with E-state index in [1.54, 1.807) is 0 Å². The Hall–Kier alpha value is -0.570. The second kappa shape index (κ2) is 5.50. The SMILES string of the molecule is CC(C)CC1CNC(=O)[C@@H](CC(C)C)N1. The molecule has 2 atom stereocenters. The van der Waals surface area contributed by atoms with Gasteiger partial charge < -0.3 is 10.6 Å². The molecule has 3 nitrogen and oxygen atoms in total. The van der Waals surface area contributed by atoms with Gasteiger partial charge in [0.05, 0.1) is 6.04 Å². The Bertz CT molecular complexity index is 214. The van der Waals surface area contributed by atoms with Crippen LogP contribution in [0.15, 0.2) is 0 Å². The standard InChI is InChI=1S/C12H24N2O/c1-8(2)5-10-7-13-12(15)11(14-10)6-9(3)4/h8-11,14H,5-7H2,1-4H3,(H,13,15)/t10?,11-/m1/s1. The maximum Gasteiger partial charge on any atom is 0.237 e. The fourth-order valence-corrected chi connectivity index (χ4v) is 2.13. The molecule has 0 aliphatic carbocycles. The third-order valence-electron chi connectivity index (χ3n) is 2.74. The molecule has 0 radical (unpaired) electrons. The second-order valence-corrected chi connectivity index (χ2v) is 5.42. The van der Waals surface area contributed by atoms with Crippen molar-refractivity contribution in [3.05, 3.63) is 0 Å². The molecule has 1 amide bonds. The molecule has 0 aromatic rings. The van der Waals surface area contributed by atoms with Gasteiger partial charge in [0.2, 0.25) is 5.91 Å². The number of hydrogen-bond donors (Lipinski definition) is 2. The highest BCUT2D eigenvalue weighted by Crippen LogP contribution is 2.12. The van der Waals surface area contributed by atoms with Gasteiger partial charge in [-0.2, -0.15) is 0 Å². The van der Waals surface area contributed by atoms with Crippen LogP contribution < -0.4 is 10.6 Å². The van der Waals surface area contributed by atoms with Gasteiger partial charge in [-0.05, 0) is 24.7 Å². The Morgan fingerprint density at radius 3 is 2.33 bits per heavy atom. The molecule has 1 heterocycles. The van der Waals surface area contributed by atoms with E-state index in [2.05, 4.69) is 38.3 Å². The van der Waals surface area contributed by atoms with E-state index < -0.39 is 0 Å². The predicted molar refractivity (Wildman–Crippen MR) is 62.6 cm³/mol. The third kappa shape index (κ3) is 4.20. The summed E-state index contributed by atoms with van der Waals surface area (Å²) < 4.78 is 0. The van der Waals surface area contributed by atoms with Gasteiger partial charge in [-0.3, -0.25) is 4.79 Å². The van der Waals surface area contributed by atoms with Crippen molar-refractivity contribution in [3.63, 3.8) is 0 Å². The van der Waals surface area contributed by atoms with Crippen LogP contribution >= 0.6 is 0 Å². The molecule has 15 heavy (non-hydrogen) atoms. The number of carbonyl (C=O) groups is 1. The van der Waals surface area contributed by atoms with E-state index in [0.29, 0.717) is 17.9 Å². The van der Waals surface area contributed by atoms with Gasteiger partial charge in [0.1, 0.15) is 0 Å². The lowest BCUT2D eigenvalue weighted by atomic mass is 9.96. The molecular formula is C12H24N2O. The number of nitrogens with one attached hydrogen (secondary N) is 2. The minimum Gasteiger partial charge on any atom is -0.353 e. The van der Waals surface area contributed by atoms with E-state index in [1.807, 2.05) is 0 Å². The Balaban J connectivity index is 2.44. The Labute approximate surface area is 93.0 Å². The molecule has 88 valence electrons. The molecule has 0 aromatic heterocycles. The Kier molecular flexibility index (Phi) is 4.58. The largest absolute Gasteiger partial charge is 0.353 e. The van der Waals surface area contributed by atoms with E-state index in [4.69, 9.17) is 0 Å². The molecule has 1 rings (SSSR count). The third-order valence-corrected chi connectivity index (χ3v) is 2.74. The molecule has 0 aromatic carbocycles. The van der Waals surface area contributed by atoms with Crippen LogP contribution in [0.1, 0.15) is 40.5 Å². The second-order valence-electron chi connectivity index (χ2n) is 5.42. The van der Waals surface area contributed by atoms with Crippen LogP contribution in [0.5, 0.6) is 0 Å². The fraction of sp³-hybridized carbons (Fsp3) is 0.917. The molecule has 1 saturated heterocycles. The van der Waals surface area contributed by atoms with Gasteiger partial charge in [0.25, 0.3) is 0 Å². The van der Waals surface area contributed by atoms with Crippen LogP contribution in [-0.4, -0.2) is 24.5 Å². The van der Waals surface area contributed by atoms with Crippen molar-refractivity contribution in [1.82, 2.24) is 10.6 Å². The van der Waals surface area contributed by atoms with E-state index in [9.17, 15) is 4.79 Å². The molecule has 1 aliphatic heterocycles. The average Bonchev–Trinajstić information content (AvgIpc) is 2.09. The van der Waals surface area contributed by atoms with Crippen LogP contribution in [0, 0.1) is 11.8 Å². The maximum atomic E-state index is 11.6. The molecule has 1 fully saturated rings. The summed E-state index contributed by atoms with van der Waals surface area (Å²) in [5.74, 6) is 1.41. The normalized spacial score (nSPS) is 27.2. The van der Waals surface area contributed by atoms with Crippen molar-refractivity contribution in [3.8, 4) is 0 Å². The van der Waals surface area contributed by atoms with Crippen LogP contribution in [0.4, 0.5) is 0 Å². The summed E-state index contributed by atoms with van der Waals surface area (Å²) in [6.07, 6.45) is 2.06. The summed E-state index contributed by atoms with van der Waals surface area (Å²) in [6.45, 7) is 9.53. The summed E-state index contributed by atoms with van der Waals surface area (Å²) in [4.78, 5) is 11.6. The first-order chi connectivity index (χ1) is 6.99. The number of carbonyl (C=O) groups excluding carboxylic acids is 1. The van der Waals surface area contributed by atoms with Gasteiger partial charge in [-0.15, -0.1) is 0 Å². The Morgan fingerprint density at radius 2 is 1.80 bits per heavy atom. The number of amides is 1. The van der Waals surface area contributed by atoms with Gasteiger partial charge in [0, 0.05) is 12.6 Å². The Morgan fingerprint density at radius 1 is 1.20 bits per heavy atom. The van der Waals surface area contributed by atoms with Crippen molar-refractivity contribution in [2.24, 2.45) is 11.8 Å². The summed E-state index contributed by atoms with van der Waals surface area (Å²) in [7, 11) is 0. The molecular weight excluding hydrogens is 188 g/mol. The lowest BCUT2D eigenvalue weighted by Gasteiger charge is -2.32. The van der Waals surface area contributed by atoms with Gasteiger partial charge >= 0.3 is 0 Å². The summed E-state index contributed by atoms with van der Waals surface area (Å²) in [5.41, 5.74) is 0. The van der Waals surface area contributed by atoms with Crippen molar-refractivity contribution in [2.75, 3.05) is 6.54 Å². The van der Waals surface area contributed by atoms with Crippen molar-refractivity contribution < 1.29 is 4.79 Å². The fourth-order valence-electron chi connectivity index (χ4n) is 2.13. The highest BCUT2D eigenvalue weighted by atomic mass is 16.2. The van der Waals surface area contributed by atoms with Gasteiger partial charge in [-0.1, -0.05) is 27.7 Å². The zero-order valence-electron chi connectivity index (χ0n) is 10.3. The zero-order valence-corrected chi connectivity index (χ0v) is 10.3. The first-order valence-electron chi connectivity index (χ1n) is 6.02. The lowest BCUT2D eigenvalue weighted by molar-refractivity contribution is -0.125. The van der Waals surface area contributed by atoms with Crippen molar-refractivity contribution in [1.29, 1.82) is 0 Å². The highest BCUT2D eigenvalue weighted by molar-refractivity contribution is 5.82. The van der Waals surface area contributed by atoms with Crippen LogP contribution in [0.3, 0.4) is 0 Å². The van der Waals surface area contributed by atoms with Crippen LogP contribution in [-0.2, 0) is 4.79 Å². The molecule has 0 spiro atoms. The minimum atomic E-state index is 0.0162. The smallest absolute Gasteiger partial charge is 0.237 e. The number of hydrogen-bond acceptors (Lipinski definition) is 2. The van der Waals surface area contributed by atoms with Gasteiger partial charge in [-0.25, -0.2) is 0 Å². The quantitative estimate of drug-likeness (QED) is 0.742. The monoisotopic (exact) mass is 212 g/mol. The molecule has 0 saturated carbocycles. The van der Waals surface area contributed by atoms with E-state index in [0.717, 1.165) is 19.4 Å². The predicted octanol–water partition coefficient (Wildman–Crippen LogP) is 1.54. The zero-order chi connectivity index (χ0) is 11.4. The first-order valence-corrected chi connectivity index (χ1v) is 6.02. The van der Waals surface area contributed by atoms with E-state index >= 15 is 0 Å². The van der Waals surface area contributed by atoms with Gasteiger partial charge in [0.15, 0.2) is 0 Å².